The molecule has 0 spiro atoms. The maximum atomic E-state index is 6.12. The quantitative estimate of drug-likeness (QED) is 0.152. The van der Waals surface area contributed by atoms with Crippen molar-refractivity contribution in [1.29, 1.82) is 0 Å². The summed E-state index contributed by atoms with van der Waals surface area (Å²) in [5.74, 6) is 0. The molecule has 216 valence electrons. The molecule has 1 saturated heterocycles. The minimum Gasteiger partial charge on any atom is -0.398 e. The number of nitrogen functional groups attached to an aromatic ring is 2. The van der Waals surface area contributed by atoms with Gasteiger partial charge in [0.1, 0.15) is 0 Å². The van der Waals surface area contributed by atoms with Gasteiger partial charge in [0.2, 0.25) is 0 Å². The van der Waals surface area contributed by atoms with Gasteiger partial charge in [-0.1, -0.05) is 48.5 Å². The Kier molecular flexibility index (Phi) is 7.30. The van der Waals surface area contributed by atoms with E-state index in [-0.39, 0.29) is 0 Å². The molecule has 0 saturated carbocycles. The van der Waals surface area contributed by atoms with E-state index in [0.717, 1.165) is 81.8 Å². The Morgan fingerprint density at radius 1 is 0.386 bits per heavy atom. The van der Waals surface area contributed by atoms with Crippen molar-refractivity contribution in [3.05, 3.63) is 121 Å². The fourth-order valence-corrected chi connectivity index (χ4v) is 5.69. The van der Waals surface area contributed by atoms with Crippen molar-refractivity contribution in [1.82, 2.24) is 0 Å². The smallest absolute Gasteiger partial charge is 0.0936 e. The Balaban J connectivity index is 0.964. The number of rotatable bonds is 6. The van der Waals surface area contributed by atoms with E-state index in [1.165, 1.54) is 11.4 Å². The highest BCUT2D eigenvalue weighted by Gasteiger charge is 2.17. The maximum absolute atomic E-state index is 6.12. The van der Waals surface area contributed by atoms with Crippen molar-refractivity contribution >= 4 is 67.0 Å². The third-order valence-corrected chi connectivity index (χ3v) is 8.13. The molecule has 0 unspecified atom stereocenters. The monoisotopic (exact) mass is 576 g/mol. The van der Waals surface area contributed by atoms with Gasteiger partial charge in [-0.15, -0.1) is 10.2 Å². The second kappa shape index (κ2) is 11.9. The van der Waals surface area contributed by atoms with Crippen LogP contribution in [-0.2, 0) is 0 Å². The number of nitrogens with zero attached hydrogens (tertiary/aromatic N) is 6. The summed E-state index contributed by atoms with van der Waals surface area (Å²) < 4.78 is 0. The summed E-state index contributed by atoms with van der Waals surface area (Å²) in [7, 11) is 0. The van der Waals surface area contributed by atoms with Gasteiger partial charge in [0, 0.05) is 70.5 Å². The summed E-state index contributed by atoms with van der Waals surface area (Å²) in [6.07, 6.45) is 0. The summed E-state index contributed by atoms with van der Waals surface area (Å²) in [4.78, 5) is 4.81. The van der Waals surface area contributed by atoms with Crippen molar-refractivity contribution in [3.63, 3.8) is 0 Å². The summed E-state index contributed by atoms with van der Waals surface area (Å²) in [5.41, 5.74) is 19.4. The van der Waals surface area contributed by atoms with E-state index in [1.807, 2.05) is 97.1 Å². The number of hydrogen-bond acceptors (Lipinski definition) is 8. The van der Waals surface area contributed by atoms with Crippen LogP contribution in [0.5, 0.6) is 0 Å². The highest BCUT2D eigenvalue weighted by atomic mass is 15.3. The van der Waals surface area contributed by atoms with E-state index < -0.39 is 0 Å². The molecule has 44 heavy (non-hydrogen) atoms. The number of anilines is 4. The van der Waals surface area contributed by atoms with Crippen LogP contribution >= 0.6 is 0 Å². The van der Waals surface area contributed by atoms with Crippen molar-refractivity contribution in [3.8, 4) is 0 Å². The number of benzene rings is 6. The Hall–Kier alpha value is -5.76. The Morgan fingerprint density at radius 2 is 0.750 bits per heavy atom. The third-order valence-electron chi connectivity index (χ3n) is 8.13. The molecule has 7 rings (SSSR count). The Bertz CT molecular complexity index is 1840. The van der Waals surface area contributed by atoms with Crippen LogP contribution in [0, 0.1) is 0 Å². The fourth-order valence-electron chi connectivity index (χ4n) is 5.69. The standard InChI is InChI=1S/C36H32N8/c37-33-17-19-35(31-7-3-1-5-29(31)33)41-39-25-9-13-27(14-10-25)43-21-23-44(24-22-43)28-15-11-26(12-16-28)40-42-36-20-18-34(38)30-6-2-4-8-32(30)36/h1-20H,21-24,37-38H2/b41-39+,42-40+. The van der Waals surface area contributed by atoms with Gasteiger partial charge in [0.05, 0.1) is 22.7 Å². The minimum absolute atomic E-state index is 0.742. The first-order valence-corrected chi connectivity index (χ1v) is 14.7. The van der Waals surface area contributed by atoms with E-state index in [4.69, 9.17) is 11.5 Å². The number of piperazine rings is 1. The number of hydrogen-bond donors (Lipinski definition) is 2. The molecule has 1 aliphatic rings. The highest BCUT2D eigenvalue weighted by Crippen LogP contribution is 2.33. The van der Waals surface area contributed by atoms with Gasteiger partial charge in [0.25, 0.3) is 0 Å². The van der Waals surface area contributed by atoms with E-state index >= 15 is 0 Å². The Morgan fingerprint density at radius 3 is 1.14 bits per heavy atom. The number of azo groups is 2. The van der Waals surface area contributed by atoms with E-state index in [9.17, 15) is 0 Å². The number of nitrogens with two attached hydrogens (primary N) is 2. The van der Waals surface area contributed by atoms with Gasteiger partial charge < -0.3 is 21.3 Å². The Labute approximate surface area is 256 Å². The predicted molar refractivity (Wildman–Crippen MR) is 182 cm³/mol. The zero-order valence-corrected chi connectivity index (χ0v) is 24.2. The molecule has 6 aromatic rings. The molecule has 0 atom stereocenters. The van der Waals surface area contributed by atoms with Crippen LogP contribution in [0.25, 0.3) is 21.5 Å². The van der Waals surface area contributed by atoms with Gasteiger partial charge in [-0.2, -0.15) is 10.2 Å². The molecule has 1 fully saturated rings. The van der Waals surface area contributed by atoms with Crippen molar-refractivity contribution in [2.24, 2.45) is 20.5 Å². The molecule has 6 aromatic carbocycles. The average Bonchev–Trinajstić information content (AvgIpc) is 3.09. The molecule has 0 aromatic heterocycles. The molecule has 1 aliphatic heterocycles. The molecular formula is C36H32N8. The number of fused-ring (bicyclic) bond motifs is 2. The van der Waals surface area contributed by atoms with Crippen molar-refractivity contribution in [2.75, 3.05) is 47.4 Å². The summed E-state index contributed by atoms with van der Waals surface area (Å²) in [5, 5.41) is 22.0. The normalized spacial score (nSPS) is 13.9. The predicted octanol–water partition coefficient (Wildman–Crippen LogP) is 9.31. The topological polar surface area (TPSA) is 108 Å². The van der Waals surface area contributed by atoms with Crippen LogP contribution in [0.4, 0.5) is 45.5 Å². The molecule has 0 amide bonds. The van der Waals surface area contributed by atoms with Crippen LogP contribution in [0.3, 0.4) is 0 Å². The van der Waals surface area contributed by atoms with E-state index in [1.54, 1.807) is 0 Å². The van der Waals surface area contributed by atoms with Crippen LogP contribution in [0.15, 0.2) is 142 Å². The first kappa shape index (κ1) is 27.1. The van der Waals surface area contributed by atoms with Crippen molar-refractivity contribution < 1.29 is 0 Å². The van der Waals surface area contributed by atoms with Gasteiger partial charge in [0.15, 0.2) is 0 Å². The van der Waals surface area contributed by atoms with E-state index in [2.05, 4.69) is 54.5 Å². The first-order chi connectivity index (χ1) is 21.6. The van der Waals surface area contributed by atoms with Crippen LogP contribution in [0.1, 0.15) is 0 Å². The lowest BCUT2D eigenvalue weighted by Gasteiger charge is -2.37. The molecule has 0 bridgehead atoms. The molecule has 4 N–H and O–H groups in total. The molecule has 8 heteroatoms. The van der Waals surface area contributed by atoms with Gasteiger partial charge >= 0.3 is 0 Å². The molecular weight excluding hydrogens is 544 g/mol. The summed E-state index contributed by atoms with van der Waals surface area (Å²) >= 11 is 0. The van der Waals surface area contributed by atoms with Crippen LogP contribution in [-0.4, -0.2) is 26.2 Å². The lowest BCUT2D eigenvalue weighted by atomic mass is 10.1. The lowest BCUT2D eigenvalue weighted by molar-refractivity contribution is 0.653. The van der Waals surface area contributed by atoms with Gasteiger partial charge in [-0.3, -0.25) is 0 Å². The summed E-state index contributed by atoms with van der Waals surface area (Å²) in [6, 6.07) is 40.1. The van der Waals surface area contributed by atoms with Crippen LogP contribution < -0.4 is 21.3 Å². The van der Waals surface area contributed by atoms with Gasteiger partial charge in [-0.25, -0.2) is 0 Å². The second-order valence-electron chi connectivity index (χ2n) is 10.8. The average molecular weight is 577 g/mol. The summed E-state index contributed by atoms with van der Waals surface area (Å²) in [6.45, 7) is 3.74. The molecule has 0 radical (unpaired) electrons. The van der Waals surface area contributed by atoms with E-state index in [0.29, 0.717) is 0 Å². The van der Waals surface area contributed by atoms with Crippen LogP contribution in [0.2, 0.25) is 0 Å². The third kappa shape index (κ3) is 5.53. The largest absolute Gasteiger partial charge is 0.398 e. The molecule has 0 aliphatic carbocycles. The maximum Gasteiger partial charge on any atom is 0.0936 e. The molecule has 1 heterocycles. The SMILES string of the molecule is Nc1ccc(/N=N/c2ccc(N3CCN(c4ccc(/N=N/c5ccc(N)c6ccccc56)cc4)CC3)cc2)c2ccccc12. The van der Waals surface area contributed by atoms with Gasteiger partial charge in [-0.05, 0) is 72.8 Å². The minimum atomic E-state index is 0.742. The highest BCUT2D eigenvalue weighted by molar-refractivity contribution is 6.00. The molecule has 8 nitrogen and oxygen atoms in total. The van der Waals surface area contributed by atoms with Crippen molar-refractivity contribution in [2.45, 2.75) is 0 Å². The fraction of sp³-hybridized carbons (Fsp3) is 0.111. The first-order valence-electron chi connectivity index (χ1n) is 14.7. The zero-order valence-electron chi connectivity index (χ0n) is 24.2. The second-order valence-corrected chi connectivity index (χ2v) is 10.8. The lowest BCUT2D eigenvalue weighted by Crippen LogP contribution is -2.46. The zero-order chi connectivity index (χ0) is 29.9.